The summed E-state index contributed by atoms with van der Waals surface area (Å²) >= 11 is 0. The topological polar surface area (TPSA) is 110 Å². The Bertz CT molecular complexity index is 96.2. The van der Waals surface area contributed by atoms with Gasteiger partial charge in [0.1, 0.15) is 0 Å². The maximum Gasteiger partial charge on any atom is 0.332 e. The zero-order chi connectivity index (χ0) is 5.98. The molecule has 5 N–H and O–H groups in total. The molecular weight excluding hydrogens is 140 g/mol. The van der Waals surface area contributed by atoms with Crippen molar-refractivity contribution >= 4 is 5.97 Å². The van der Waals surface area contributed by atoms with E-state index in [1.807, 2.05) is 0 Å². The largest absolute Gasteiger partial charge is 0.479 e. The summed E-state index contributed by atoms with van der Waals surface area (Å²) in [6.07, 6.45) is 1.04. The highest BCUT2D eigenvalue weighted by atomic mass is 16.5. The Kier molecular flexibility index (Phi) is 6.23. The fourth-order valence-corrected chi connectivity index (χ4v) is 0.772. The van der Waals surface area contributed by atoms with E-state index < -0.39 is 12.1 Å². The summed E-state index contributed by atoms with van der Waals surface area (Å²) < 4.78 is 4.81. The first kappa shape index (κ1) is 12.1. The first-order valence-electron chi connectivity index (χ1n) is 2.65. The molecule has 62 valence electrons. The maximum absolute atomic E-state index is 10.1. The average molecular weight is 152 g/mol. The van der Waals surface area contributed by atoms with Crippen LogP contribution in [0.3, 0.4) is 0 Å². The van der Waals surface area contributed by atoms with E-state index in [1.165, 1.54) is 0 Å². The fraction of sp³-hybridized carbons (Fsp3) is 0.800. The number of aliphatic carboxylic acids is 1. The van der Waals surface area contributed by atoms with Crippen LogP contribution in [0.2, 0.25) is 0 Å². The third kappa shape index (κ3) is 2.77. The summed E-state index contributed by atoms with van der Waals surface area (Å²) in [5, 5.41) is 8.29. The summed E-state index contributed by atoms with van der Waals surface area (Å²) in [5.41, 5.74) is 0. The highest BCUT2D eigenvalue weighted by Crippen LogP contribution is 2.10. The van der Waals surface area contributed by atoms with Crippen LogP contribution in [0, 0.1) is 0 Å². The van der Waals surface area contributed by atoms with Crippen molar-refractivity contribution in [2.75, 3.05) is 6.61 Å². The van der Waals surface area contributed by atoms with Crippen molar-refractivity contribution in [1.82, 2.24) is 0 Å². The van der Waals surface area contributed by atoms with E-state index in [4.69, 9.17) is 9.84 Å². The van der Waals surface area contributed by atoms with Gasteiger partial charge in [0.25, 0.3) is 0 Å². The number of hydrogen-bond acceptors (Lipinski definition) is 2. The predicted octanol–water partition coefficient (Wildman–Crippen LogP) is -1.40. The van der Waals surface area contributed by atoms with E-state index >= 15 is 0 Å². The van der Waals surface area contributed by atoms with Crippen LogP contribution in [0.25, 0.3) is 0 Å². The third-order valence-corrected chi connectivity index (χ3v) is 1.21. The lowest BCUT2D eigenvalue weighted by Gasteiger charge is -1.98. The van der Waals surface area contributed by atoms with E-state index in [1.54, 1.807) is 0 Å². The molecule has 0 aromatic heterocycles. The lowest BCUT2D eigenvalue weighted by Crippen LogP contribution is -2.17. The Morgan fingerprint density at radius 2 is 2.10 bits per heavy atom. The Morgan fingerprint density at radius 1 is 1.50 bits per heavy atom. The van der Waals surface area contributed by atoms with Crippen LogP contribution < -0.4 is 0 Å². The quantitative estimate of drug-likeness (QED) is 0.498. The molecule has 0 saturated carbocycles. The van der Waals surface area contributed by atoms with Gasteiger partial charge < -0.3 is 20.8 Å². The van der Waals surface area contributed by atoms with Crippen LogP contribution in [0.5, 0.6) is 0 Å². The Balaban J connectivity index is 0. The first-order valence-corrected chi connectivity index (χ1v) is 2.65. The minimum atomic E-state index is -0.831. The van der Waals surface area contributed by atoms with Crippen molar-refractivity contribution in [2.24, 2.45) is 0 Å². The number of rotatable bonds is 1. The van der Waals surface area contributed by atoms with Gasteiger partial charge in [-0.05, 0) is 12.8 Å². The molecule has 1 unspecified atom stereocenters. The molecule has 0 aliphatic carbocycles. The molecule has 0 aromatic carbocycles. The lowest BCUT2D eigenvalue weighted by atomic mass is 10.2. The Hall–Kier alpha value is -0.650. The van der Waals surface area contributed by atoms with Crippen molar-refractivity contribution in [3.63, 3.8) is 0 Å². The van der Waals surface area contributed by atoms with Gasteiger partial charge in [0.15, 0.2) is 6.10 Å². The number of carbonyl (C=O) groups is 1. The second kappa shape index (κ2) is 5.16. The lowest BCUT2D eigenvalue weighted by molar-refractivity contribution is -0.147. The van der Waals surface area contributed by atoms with E-state index in [0.717, 1.165) is 6.42 Å². The van der Waals surface area contributed by atoms with Crippen LogP contribution in [0.4, 0.5) is 0 Å². The number of carboxylic acid groups (broad SMARTS) is 1. The van der Waals surface area contributed by atoms with Gasteiger partial charge >= 0.3 is 5.97 Å². The van der Waals surface area contributed by atoms with E-state index in [-0.39, 0.29) is 11.0 Å². The molecule has 1 fully saturated rings. The molecule has 0 radical (unpaired) electrons. The zero-order valence-corrected chi connectivity index (χ0v) is 5.46. The number of hydrogen-bond donors (Lipinski definition) is 1. The van der Waals surface area contributed by atoms with Crippen molar-refractivity contribution in [1.29, 1.82) is 0 Å². The van der Waals surface area contributed by atoms with Crippen LogP contribution in [-0.2, 0) is 9.53 Å². The summed E-state index contributed by atoms with van der Waals surface area (Å²) in [7, 11) is 0. The minimum Gasteiger partial charge on any atom is -0.479 e. The second-order valence-corrected chi connectivity index (χ2v) is 1.84. The van der Waals surface area contributed by atoms with Crippen molar-refractivity contribution in [3.8, 4) is 0 Å². The molecule has 1 atom stereocenters. The molecule has 1 saturated heterocycles. The first-order chi connectivity index (χ1) is 3.80. The summed E-state index contributed by atoms with van der Waals surface area (Å²) in [6, 6.07) is 0. The van der Waals surface area contributed by atoms with Gasteiger partial charge in [-0.1, -0.05) is 0 Å². The fourth-order valence-electron chi connectivity index (χ4n) is 0.772. The Morgan fingerprint density at radius 3 is 2.30 bits per heavy atom. The third-order valence-electron chi connectivity index (χ3n) is 1.21. The van der Waals surface area contributed by atoms with Crippen LogP contribution in [-0.4, -0.2) is 34.7 Å². The summed E-state index contributed by atoms with van der Waals surface area (Å²) in [5.74, 6) is -0.831. The van der Waals surface area contributed by atoms with Crippen LogP contribution in [0.15, 0.2) is 0 Å². The SMILES string of the molecule is O.O.O=C(O)C1CCCO1. The zero-order valence-electron chi connectivity index (χ0n) is 5.46. The molecular formula is C5H12O5. The maximum atomic E-state index is 10.1. The molecule has 1 rings (SSSR count). The molecule has 1 aliphatic rings. The van der Waals surface area contributed by atoms with Gasteiger partial charge in [0.2, 0.25) is 0 Å². The monoisotopic (exact) mass is 152 g/mol. The van der Waals surface area contributed by atoms with E-state index in [0.29, 0.717) is 13.0 Å². The van der Waals surface area contributed by atoms with Crippen LogP contribution >= 0.6 is 0 Å². The Labute approximate surface area is 58.2 Å². The van der Waals surface area contributed by atoms with Gasteiger partial charge in [0, 0.05) is 6.61 Å². The molecule has 0 bridgehead atoms. The minimum absolute atomic E-state index is 0. The molecule has 1 aliphatic heterocycles. The standard InChI is InChI=1S/C5H8O3.2H2O/c6-5(7)4-2-1-3-8-4;;/h4H,1-3H2,(H,6,7);2*1H2. The predicted molar refractivity (Wildman–Crippen MR) is 33.8 cm³/mol. The number of carboxylic acids is 1. The average Bonchev–Trinajstić information content (AvgIpc) is 2.12. The summed E-state index contributed by atoms with van der Waals surface area (Å²) in [4.78, 5) is 10.1. The van der Waals surface area contributed by atoms with Gasteiger partial charge in [0.05, 0.1) is 0 Å². The molecule has 5 nitrogen and oxygen atoms in total. The van der Waals surface area contributed by atoms with Crippen LogP contribution in [0.1, 0.15) is 12.8 Å². The van der Waals surface area contributed by atoms with Crippen molar-refractivity contribution in [3.05, 3.63) is 0 Å². The molecule has 0 aromatic rings. The van der Waals surface area contributed by atoms with Crippen molar-refractivity contribution in [2.45, 2.75) is 18.9 Å². The number of ether oxygens (including phenoxy) is 1. The van der Waals surface area contributed by atoms with E-state index in [9.17, 15) is 4.79 Å². The smallest absolute Gasteiger partial charge is 0.332 e. The van der Waals surface area contributed by atoms with E-state index in [2.05, 4.69) is 0 Å². The molecule has 5 heteroatoms. The molecule has 10 heavy (non-hydrogen) atoms. The molecule has 0 spiro atoms. The normalized spacial score (nSPS) is 22.6. The van der Waals surface area contributed by atoms with Gasteiger partial charge in [-0.25, -0.2) is 4.79 Å². The van der Waals surface area contributed by atoms with Gasteiger partial charge in [-0.15, -0.1) is 0 Å². The van der Waals surface area contributed by atoms with Gasteiger partial charge in [-0.3, -0.25) is 0 Å². The second-order valence-electron chi connectivity index (χ2n) is 1.84. The van der Waals surface area contributed by atoms with Crippen molar-refractivity contribution < 1.29 is 25.6 Å². The van der Waals surface area contributed by atoms with Gasteiger partial charge in [-0.2, -0.15) is 0 Å². The summed E-state index contributed by atoms with van der Waals surface area (Å²) in [6.45, 7) is 0.608. The highest BCUT2D eigenvalue weighted by molar-refractivity contribution is 5.72. The molecule has 1 heterocycles. The molecule has 0 amide bonds. The highest BCUT2D eigenvalue weighted by Gasteiger charge is 2.21.